The second-order valence-electron chi connectivity index (χ2n) is 3.95. The number of sulfonamides is 1. The molecule has 114 valence electrons. The van der Waals surface area contributed by atoms with Crippen molar-refractivity contribution in [3.05, 3.63) is 32.6 Å². The van der Waals surface area contributed by atoms with E-state index in [1.165, 1.54) is 31.0 Å². The third kappa shape index (κ3) is 3.43. The molecule has 2 rings (SSSR count). The molecule has 0 amide bonds. The van der Waals surface area contributed by atoms with Crippen molar-refractivity contribution < 1.29 is 17.9 Å². The van der Waals surface area contributed by atoms with Crippen LogP contribution in [0, 0.1) is 0 Å². The monoisotopic (exact) mass is 366 g/mol. The van der Waals surface area contributed by atoms with Crippen molar-refractivity contribution in [2.24, 2.45) is 0 Å². The number of esters is 1. The van der Waals surface area contributed by atoms with Gasteiger partial charge in [0.25, 0.3) is 10.0 Å². The smallest absolute Gasteiger partial charge is 0.358 e. The summed E-state index contributed by atoms with van der Waals surface area (Å²) in [7, 11) is -1.21. The quantitative estimate of drug-likeness (QED) is 0.760. The molecule has 6 nitrogen and oxygen atoms in total. The van der Waals surface area contributed by atoms with Crippen LogP contribution in [0.15, 0.2) is 21.9 Å². The van der Waals surface area contributed by atoms with Gasteiger partial charge in [-0.2, -0.15) is 4.31 Å². The molecule has 0 unspecified atom stereocenters. The molecule has 2 aromatic heterocycles. The Balaban J connectivity index is 2.29. The first-order valence-electron chi connectivity index (χ1n) is 5.58. The van der Waals surface area contributed by atoms with Crippen LogP contribution in [0.2, 0.25) is 4.34 Å². The summed E-state index contributed by atoms with van der Waals surface area (Å²) in [6.45, 7) is 0.165. The second-order valence-corrected chi connectivity index (χ2v) is 8.84. The van der Waals surface area contributed by atoms with Gasteiger partial charge < -0.3 is 4.74 Å². The maximum atomic E-state index is 12.5. The van der Waals surface area contributed by atoms with E-state index in [-0.39, 0.29) is 16.4 Å². The van der Waals surface area contributed by atoms with Crippen LogP contribution in [0.25, 0.3) is 0 Å². The summed E-state index contributed by atoms with van der Waals surface area (Å²) >= 11 is 8.00. The van der Waals surface area contributed by atoms with Crippen LogP contribution >= 0.6 is 34.3 Å². The van der Waals surface area contributed by atoms with Crippen molar-refractivity contribution in [2.45, 2.75) is 10.8 Å². The summed E-state index contributed by atoms with van der Waals surface area (Å²) in [5, 5.41) is 0. The molecule has 2 aromatic rings. The molecule has 0 aliphatic heterocycles. The third-order valence-corrected chi connectivity index (χ3v) is 6.93. The van der Waals surface area contributed by atoms with Crippen LogP contribution in [0.3, 0.4) is 0 Å². The van der Waals surface area contributed by atoms with E-state index in [0.29, 0.717) is 4.34 Å². The zero-order chi connectivity index (χ0) is 15.6. The molecule has 0 radical (unpaired) electrons. The number of aromatic nitrogens is 1. The lowest BCUT2D eigenvalue weighted by Crippen LogP contribution is -2.27. The van der Waals surface area contributed by atoms with E-state index < -0.39 is 16.0 Å². The summed E-state index contributed by atoms with van der Waals surface area (Å²) in [5.41, 5.74) is 1.10. The van der Waals surface area contributed by atoms with Crippen molar-refractivity contribution in [2.75, 3.05) is 14.2 Å². The Morgan fingerprint density at radius 2 is 2.19 bits per heavy atom. The molecule has 0 saturated carbocycles. The summed E-state index contributed by atoms with van der Waals surface area (Å²) in [6, 6.07) is 3.46. The van der Waals surface area contributed by atoms with Crippen LogP contribution in [0.4, 0.5) is 0 Å². The topological polar surface area (TPSA) is 76.6 Å². The molecule has 0 fully saturated rings. The zero-order valence-electron chi connectivity index (χ0n) is 11.1. The number of ether oxygens (including phenoxy) is 1. The Morgan fingerprint density at radius 1 is 1.48 bits per heavy atom. The summed E-state index contributed by atoms with van der Waals surface area (Å²) < 4.78 is 31.2. The number of halogens is 1. The maximum Gasteiger partial charge on any atom is 0.358 e. The van der Waals surface area contributed by atoms with Crippen LogP contribution in [0.5, 0.6) is 0 Å². The molecule has 0 atom stereocenters. The van der Waals surface area contributed by atoms with Gasteiger partial charge >= 0.3 is 5.97 Å². The standard InChI is InChI=1S/C11H11ClN2O4S3/c1-14(5-7-3-4-8(12)20-7)21(16,17)11-9(10(15)18-2)13-6-19-11/h3-4,6H,5H2,1-2H3. The highest BCUT2D eigenvalue weighted by atomic mass is 35.5. The number of methoxy groups -OCH3 is 1. The fourth-order valence-electron chi connectivity index (χ4n) is 1.53. The normalized spacial score (nSPS) is 11.8. The Hall–Kier alpha value is -1.000. The number of rotatable bonds is 5. The van der Waals surface area contributed by atoms with Crippen molar-refractivity contribution in [1.82, 2.24) is 9.29 Å². The van der Waals surface area contributed by atoms with Gasteiger partial charge in [-0.25, -0.2) is 18.2 Å². The third-order valence-electron chi connectivity index (χ3n) is 2.57. The second kappa shape index (κ2) is 6.41. The summed E-state index contributed by atoms with van der Waals surface area (Å²) in [5.74, 6) is -0.776. The largest absolute Gasteiger partial charge is 0.464 e. The van der Waals surface area contributed by atoms with Crippen LogP contribution in [0.1, 0.15) is 15.4 Å². The van der Waals surface area contributed by atoms with E-state index in [0.717, 1.165) is 20.5 Å². The highest BCUT2D eigenvalue weighted by Gasteiger charge is 2.30. The molecule has 0 aromatic carbocycles. The minimum Gasteiger partial charge on any atom is -0.464 e. The first-order valence-corrected chi connectivity index (χ1v) is 9.10. The predicted octanol–water partition coefficient (Wildman–Crippen LogP) is 2.47. The number of carbonyl (C=O) groups excluding carboxylic acids is 1. The number of thiophene rings is 1. The number of nitrogens with zero attached hydrogens (tertiary/aromatic N) is 2. The van der Waals surface area contributed by atoms with Gasteiger partial charge in [0.15, 0.2) is 9.90 Å². The summed E-state index contributed by atoms with van der Waals surface area (Å²) in [4.78, 5) is 16.1. The van der Waals surface area contributed by atoms with E-state index in [1.54, 1.807) is 12.1 Å². The Labute approximate surface area is 135 Å². The molecular weight excluding hydrogens is 356 g/mol. The molecule has 0 aliphatic rings. The van der Waals surface area contributed by atoms with Gasteiger partial charge in [-0.3, -0.25) is 0 Å². The van der Waals surface area contributed by atoms with E-state index in [1.807, 2.05) is 0 Å². The van der Waals surface area contributed by atoms with Crippen molar-refractivity contribution >= 4 is 50.3 Å². The molecule has 0 saturated heterocycles. The van der Waals surface area contributed by atoms with Crippen molar-refractivity contribution in [3.63, 3.8) is 0 Å². The molecule has 2 heterocycles. The molecule has 0 N–H and O–H groups in total. The Kier molecular flexibility index (Phi) is 4.99. The van der Waals surface area contributed by atoms with Gasteiger partial charge in [0, 0.05) is 18.5 Å². The lowest BCUT2D eigenvalue weighted by atomic mass is 10.5. The lowest BCUT2D eigenvalue weighted by molar-refractivity contribution is 0.0590. The minimum atomic E-state index is -3.82. The Morgan fingerprint density at radius 3 is 2.76 bits per heavy atom. The maximum absolute atomic E-state index is 12.5. The number of hydrogen-bond donors (Lipinski definition) is 0. The van der Waals surface area contributed by atoms with Crippen LogP contribution < -0.4 is 0 Å². The first kappa shape index (κ1) is 16.4. The molecular formula is C11H11ClN2O4S3. The van der Waals surface area contributed by atoms with Gasteiger partial charge in [-0.05, 0) is 12.1 Å². The minimum absolute atomic E-state index is 0.125. The molecule has 21 heavy (non-hydrogen) atoms. The fraction of sp³-hybridized carbons (Fsp3) is 0.273. The highest BCUT2D eigenvalue weighted by Crippen LogP contribution is 2.27. The average molecular weight is 367 g/mol. The highest BCUT2D eigenvalue weighted by molar-refractivity contribution is 7.91. The number of carbonyl (C=O) groups is 1. The number of hydrogen-bond acceptors (Lipinski definition) is 7. The van der Waals surface area contributed by atoms with E-state index in [4.69, 9.17) is 11.6 Å². The van der Waals surface area contributed by atoms with Crippen molar-refractivity contribution in [1.29, 1.82) is 0 Å². The van der Waals surface area contributed by atoms with E-state index in [2.05, 4.69) is 9.72 Å². The predicted molar refractivity (Wildman–Crippen MR) is 81.4 cm³/mol. The zero-order valence-corrected chi connectivity index (χ0v) is 14.3. The lowest BCUT2D eigenvalue weighted by Gasteiger charge is -2.15. The summed E-state index contributed by atoms with van der Waals surface area (Å²) in [6.07, 6.45) is 0. The first-order chi connectivity index (χ1) is 9.86. The fourth-order valence-corrected chi connectivity index (χ4v) is 5.23. The van der Waals surface area contributed by atoms with Crippen molar-refractivity contribution in [3.8, 4) is 0 Å². The Bertz CT molecular complexity index is 753. The average Bonchev–Trinajstić information content (AvgIpc) is 3.07. The van der Waals surface area contributed by atoms with Crippen LogP contribution in [-0.4, -0.2) is 37.8 Å². The number of thiazole rings is 1. The van der Waals surface area contributed by atoms with Gasteiger partial charge in [-0.15, -0.1) is 22.7 Å². The van der Waals surface area contributed by atoms with Gasteiger partial charge in [0.05, 0.1) is 17.0 Å². The van der Waals surface area contributed by atoms with Gasteiger partial charge in [-0.1, -0.05) is 11.6 Å². The van der Waals surface area contributed by atoms with E-state index in [9.17, 15) is 13.2 Å². The van der Waals surface area contributed by atoms with Gasteiger partial charge in [0.2, 0.25) is 0 Å². The molecule has 0 bridgehead atoms. The van der Waals surface area contributed by atoms with Gasteiger partial charge in [0.1, 0.15) is 0 Å². The SMILES string of the molecule is COC(=O)c1ncsc1S(=O)(=O)N(C)Cc1ccc(Cl)s1. The molecule has 10 heteroatoms. The van der Waals surface area contributed by atoms with Crippen LogP contribution in [-0.2, 0) is 21.3 Å². The molecule has 0 spiro atoms. The van der Waals surface area contributed by atoms with E-state index >= 15 is 0 Å². The molecule has 0 aliphatic carbocycles.